The van der Waals surface area contributed by atoms with Crippen molar-refractivity contribution in [2.24, 2.45) is 7.05 Å². The number of rotatable bonds is 6. The summed E-state index contributed by atoms with van der Waals surface area (Å²) in [4.78, 5) is 13.9. The maximum absolute atomic E-state index is 12.5. The lowest BCUT2D eigenvalue weighted by atomic mass is 9.97. The van der Waals surface area contributed by atoms with E-state index in [1.807, 2.05) is 58.0 Å². The second-order valence-electron chi connectivity index (χ2n) is 8.67. The number of hydrogen-bond acceptors (Lipinski definition) is 6. The summed E-state index contributed by atoms with van der Waals surface area (Å²) in [5.41, 5.74) is 3.40. The fraction of sp³-hybridized carbons (Fsp3) is 0.538. The number of benzene rings is 1. The van der Waals surface area contributed by atoms with E-state index in [0.29, 0.717) is 31.0 Å². The number of ether oxygens (including phenoxy) is 2. The van der Waals surface area contributed by atoms with Crippen LogP contribution >= 0.6 is 0 Å². The molecule has 0 saturated carbocycles. The predicted molar refractivity (Wildman–Crippen MR) is 135 cm³/mol. The molecule has 3 heterocycles. The van der Waals surface area contributed by atoms with E-state index in [1.165, 1.54) is 0 Å². The van der Waals surface area contributed by atoms with Gasteiger partial charge in [-0.15, -0.1) is 0 Å². The molecule has 2 N–H and O–H groups in total. The Morgan fingerprint density at radius 3 is 2.58 bits per heavy atom. The molecule has 2 aliphatic heterocycles. The minimum atomic E-state index is -3.04. The molecule has 36 heavy (non-hydrogen) atoms. The van der Waals surface area contributed by atoms with Crippen molar-refractivity contribution >= 4 is 11.6 Å². The first kappa shape index (κ1) is 29.3. The number of halogens is 2. The van der Waals surface area contributed by atoms with Crippen LogP contribution in [0.2, 0.25) is 0 Å². The molecule has 2 aromatic rings. The molecule has 0 radical (unpaired) electrons. The third-order valence-electron chi connectivity index (χ3n) is 5.53. The molecule has 2 unspecified atom stereocenters. The van der Waals surface area contributed by atoms with Crippen molar-refractivity contribution in [2.45, 2.75) is 71.9 Å². The highest BCUT2D eigenvalue weighted by molar-refractivity contribution is 5.83. The Kier molecular flexibility index (Phi) is 10.4. The molecule has 0 aliphatic carbocycles. The monoisotopic (exact) mass is 508 g/mol. The molecule has 1 aromatic heterocycles. The Morgan fingerprint density at radius 2 is 2.03 bits per heavy atom. The Hall–Kier alpha value is -2.98. The second-order valence-corrected chi connectivity index (χ2v) is 8.67. The molecule has 200 valence electrons. The number of nitrogens with one attached hydrogen (secondary N) is 1. The summed E-state index contributed by atoms with van der Waals surface area (Å²) in [6.07, 6.45) is -0.268. The number of aliphatic hydroxyl groups is 1. The first-order valence-corrected chi connectivity index (χ1v) is 12.2. The summed E-state index contributed by atoms with van der Waals surface area (Å²) in [6, 6.07) is 5.58. The first-order chi connectivity index (χ1) is 16.9. The van der Waals surface area contributed by atoms with Crippen LogP contribution in [0, 0.1) is 6.92 Å². The molecular weight excluding hydrogens is 470 g/mol. The summed E-state index contributed by atoms with van der Waals surface area (Å²) in [5.74, 6) is 0.323. The number of allylic oxidation sites excluding steroid dienone is 1. The molecule has 2 aliphatic rings. The van der Waals surface area contributed by atoms with Gasteiger partial charge in [0.05, 0.1) is 24.1 Å². The Balaban J connectivity index is 0.000000243. The Bertz CT molecular complexity index is 1020. The van der Waals surface area contributed by atoms with Gasteiger partial charge in [0.25, 0.3) is 5.91 Å². The number of aromatic nitrogens is 2. The van der Waals surface area contributed by atoms with Gasteiger partial charge in [-0.25, -0.2) is 0 Å². The van der Waals surface area contributed by atoms with E-state index in [0.717, 1.165) is 23.7 Å². The van der Waals surface area contributed by atoms with Crippen molar-refractivity contribution in [3.63, 3.8) is 0 Å². The lowest BCUT2D eigenvalue weighted by Crippen LogP contribution is -2.54. The summed E-state index contributed by atoms with van der Waals surface area (Å²) >= 11 is 0. The molecule has 2 atom stereocenters. The van der Waals surface area contributed by atoms with Gasteiger partial charge in [-0.3, -0.25) is 9.48 Å². The summed E-state index contributed by atoms with van der Waals surface area (Å²) < 4.78 is 36.8. The predicted octanol–water partition coefficient (Wildman–Crippen LogP) is 4.48. The van der Waals surface area contributed by atoms with Gasteiger partial charge < -0.3 is 24.8 Å². The van der Waals surface area contributed by atoms with E-state index in [9.17, 15) is 18.7 Å². The van der Waals surface area contributed by atoms with Gasteiger partial charge in [-0.2, -0.15) is 13.9 Å². The highest BCUT2D eigenvalue weighted by atomic mass is 19.3. The molecule has 0 spiro atoms. The van der Waals surface area contributed by atoms with E-state index < -0.39 is 18.3 Å². The van der Waals surface area contributed by atoms with Crippen LogP contribution in [0.5, 0.6) is 5.75 Å². The normalized spacial score (nSPS) is 18.9. The maximum atomic E-state index is 12.5. The third-order valence-corrected chi connectivity index (χ3v) is 5.53. The van der Waals surface area contributed by atoms with Gasteiger partial charge in [0.1, 0.15) is 5.75 Å². The minimum absolute atomic E-state index is 0.253. The number of aryl methyl sites for hydroxylation is 2. The smallest absolute Gasteiger partial charge is 0.353 e. The number of fused-ring (bicyclic) bond motifs is 1. The van der Waals surface area contributed by atoms with Crippen LogP contribution in [-0.2, 0) is 16.6 Å². The van der Waals surface area contributed by atoms with E-state index in [4.69, 9.17) is 4.74 Å². The molecule has 10 heteroatoms. The zero-order chi connectivity index (χ0) is 27.0. The van der Waals surface area contributed by atoms with Crippen LogP contribution in [0.1, 0.15) is 57.8 Å². The van der Waals surface area contributed by atoms with E-state index in [2.05, 4.69) is 21.7 Å². The topological polar surface area (TPSA) is 88.9 Å². The lowest BCUT2D eigenvalue weighted by molar-refractivity contribution is -0.252. The fourth-order valence-electron chi connectivity index (χ4n) is 3.66. The third kappa shape index (κ3) is 8.30. The molecule has 1 saturated heterocycles. The highest BCUT2D eigenvalue weighted by Gasteiger charge is 2.36. The highest BCUT2D eigenvalue weighted by Crippen LogP contribution is 2.35. The molecule has 1 fully saturated rings. The van der Waals surface area contributed by atoms with Crippen LogP contribution in [0.3, 0.4) is 0 Å². The quantitative estimate of drug-likeness (QED) is 0.598. The zero-order valence-corrected chi connectivity index (χ0v) is 21.9. The van der Waals surface area contributed by atoms with Gasteiger partial charge in [-0.1, -0.05) is 39.0 Å². The van der Waals surface area contributed by atoms with Crippen molar-refractivity contribution in [2.75, 3.05) is 18.0 Å². The molecule has 4 rings (SSSR count). The Morgan fingerprint density at radius 1 is 1.36 bits per heavy atom. The lowest BCUT2D eigenvalue weighted by Gasteiger charge is -2.40. The van der Waals surface area contributed by atoms with Gasteiger partial charge in [0, 0.05) is 50.9 Å². The number of carbonyl (C=O) groups is 1. The van der Waals surface area contributed by atoms with Gasteiger partial charge in [0.2, 0.25) is 0 Å². The van der Waals surface area contributed by atoms with Crippen LogP contribution < -0.4 is 15.0 Å². The summed E-state index contributed by atoms with van der Waals surface area (Å²) in [6.45, 7) is 13.4. The number of amides is 1. The molecular formula is C26H38F2N4O4. The number of carbonyl (C=O) groups excluding carboxylic acids is 1. The molecule has 0 bridgehead atoms. The van der Waals surface area contributed by atoms with Crippen LogP contribution in [0.15, 0.2) is 42.9 Å². The standard InChI is InChI=1S/C15H19NO3.C9H13F2N3O.C2H6/c1-4-10(3)16-15(18)14-8-12(17)11-7-9(2)5-6-13(11)19-14;1-9(10,11)15-8-5-14(6-8)7-3-12-13(2)4-7;1-2/h5-7,12,14,17H,3-4,8H2,1-2H3,(H,16,18);3-4,8H,5-6H2,1-2H3;1-2H3. The minimum Gasteiger partial charge on any atom is -0.480 e. The molecule has 8 nitrogen and oxygen atoms in total. The van der Waals surface area contributed by atoms with Crippen LogP contribution in [0.25, 0.3) is 0 Å². The Labute approximate surface area is 211 Å². The number of alkyl halides is 2. The van der Waals surface area contributed by atoms with Crippen LogP contribution in [0.4, 0.5) is 14.5 Å². The number of anilines is 1. The van der Waals surface area contributed by atoms with E-state index in [-0.39, 0.29) is 18.4 Å². The number of hydrogen-bond donors (Lipinski definition) is 2. The largest absolute Gasteiger partial charge is 0.480 e. The van der Waals surface area contributed by atoms with Crippen molar-refractivity contribution in [1.82, 2.24) is 15.1 Å². The van der Waals surface area contributed by atoms with Gasteiger partial charge >= 0.3 is 6.11 Å². The van der Waals surface area contributed by atoms with Crippen LogP contribution in [-0.4, -0.2) is 52.2 Å². The first-order valence-electron chi connectivity index (χ1n) is 12.2. The summed E-state index contributed by atoms with van der Waals surface area (Å²) in [5, 5.41) is 16.8. The van der Waals surface area contributed by atoms with Crippen molar-refractivity contribution in [3.8, 4) is 5.75 Å². The SMILES string of the molecule is C=C(CC)NC(=O)C1CC(O)c2cc(C)ccc2O1.CC.Cn1cc(N2CC(OC(C)(F)F)C2)cn1. The summed E-state index contributed by atoms with van der Waals surface area (Å²) in [7, 11) is 1.82. The van der Waals surface area contributed by atoms with Gasteiger partial charge in [-0.05, 0) is 25.5 Å². The average Bonchev–Trinajstić information content (AvgIpc) is 3.23. The molecule has 1 aromatic carbocycles. The average molecular weight is 509 g/mol. The fourth-order valence-corrected chi connectivity index (χ4v) is 3.66. The van der Waals surface area contributed by atoms with Crippen molar-refractivity contribution in [3.05, 3.63) is 54.0 Å². The van der Waals surface area contributed by atoms with E-state index in [1.54, 1.807) is 16.9 Å². The van der Waals surface area contributed by atoms with Crippen molar-refractivity contribution in [1.29, 1.82) is 0 Å². The van der Waals surface area contributed by atoms with E-state index >= 15 is 0 Å². The maximum Gasteiger partial charge on any atom is 0.353 e. The van der Waals surface area contributed by atoms with Gasteiger partial charge in [0.15, 0.2) is 6.10 Å². The zero-order valence-electron chi connectivity index (χ0n) is 21.9. The number of aliphatic hydroxyl groups excluding tert-OH is 1. The number of nitrogens with zero attached hydrogens (tertiary/aromatic N) is 3. The second kappa shape index (κ2) is 12.8. The molecule has 1 amide bonds. The van der Waals surface area contributed by atoms with Crippen molar-refractivity contribution < 1.29 is 28.2 Å².